The molecule has 0 radical (unpaired) electrons. The molecule has 0 aliphatic heterocycles. The number of hydrogen-bond acceptors (Lipinski definition) is 2. The van der Waals surface area contributed by atoms with Crippen LogP contribution in [-0.4, -0.2) is 22.9 Å². The predicted octanol–water partition coefficient (Wildman–Crippen LogP) is 7.00. The summed E-state index contributed by atoms with van der Waals surface area (Å²) >= 11 is 0. The zero-order valence-electron chi connectivity index (χ0n) is 21.8. The van der Waals surface area contributed by atoms with Crippen LogP contribution in [0.2, 0.25) is 0 Å². The maximum absolute atomic E-state index is 10.9. The minimum Gasteiger partial charge on any atom is -0.396 e. The van der Waals surface area contributed by atoms with E-state index in [1.165, 1.54) is 63.4 Å². The molecule has 0 aromatic carbocycles. The van der Waals surface area contributed by atoms with Crippen molar-refractivity contribution in [2.75, 3.05) is 6.61 Å². The highest BCUT2D eigenvalue weighted by Gasteiger charge is 2.70. The SMILES string of the molecule is C=C(C)C1CC[C@]2(CO)CC[C@@]3(C)[C@@H](CC[C@@H]4C3(C)CC[C@H]3C(C)(C)[C@H](O)CC[C@]43C)[C@@H]12. The molecule has 0 aromatic heterocycles. The predicted molar refractivity (Wildman–Crippen MR) is 132 cm³/mol. The first-order chi connectivity index (χ1) is 14.9. The van der Waals surface area contributed by atoms with E-state index in [0.29, 0.717) is 40.6 Å². The van der Waals surface area contributed by atoms with E-state index in [1.807, 2.05) is 0 Å². The fourth-order valence-electron chi connectivity index (χ4n) is 11.5. The van der Waals surface area contributed by atoms with E-state index in [1.54, 1.807) is 0 Å². The Hall–Kier alpha value is -0.340. The summed E-state index contributed by atoms with van der Waals surface area (Å²) in [7, 11) is 0. The van der Waals surface area contributed by atoms with Gasteiger partial charge in [0.2, 0.25) is 0 Å². The summed E-state index contributed by atoms with van der Waals surface area (Å²) in [5, 5.41) is 21.5. The second-order valence-electron chi connectivity index (χ2n) is 14.6. The maximum atomic E-state index is 10.9. The Labute approximate surface area is 197 Å². The van der Waals surface area contributed by atoms with Gasteiger partial charge in [-0.25, -0.2) is 0 Å². The van der Waals surface area contributed by atoms with Crippen LogP contribution in [0.15, 0.2) is 12.2 Å². The van der Waals surface area contributed by atoms with E-state index in [2.05, 4.69) is 48.1 Å². The molecular weight excluding hydrogens is 392 g/mol. The van der Waals surface area contributed by atoms with Crippen molar-refractivity contribution in [3.8, 4) is 0 Å². The second kappa shape index (κ2) is 7.09. The molecule has 182 valence electrons. The molecule has 5 rings (SSSR count). The lowest BCUT2D eigenvalue weighted by Gasteiger charge is -2.73. The van der Waals surface area contributed by atoms with Crippen LogP contribution in [0.1, 0.15) is 106 Å². The van der Waals surface area contributed by atoms with Crippen LogP contribution in [0.4, 0.5) is 0 Å². The Balaban J connectivity index is 1.55. The van der Waals surface area contributed by atoms with Crippen LogP contribution in [0.3, 0.4) is 0 Å². The summed E-state index contributed by atoms with van der Waals surface area (Å²) in [4.78, 5) is 0. The molecule has 2 heteroatoms. The van der Waals surface area contributed by atoms with Crippen molar-refractivity contribution in [2.45, 2.75) is 112 Å². The Morgan fingerprint density at radius 1 is 0.812 bits per heavy atom. The Morgan fingerprint density at radius 2 is 1.53 bits per heavy atom. The normalized spacial score (nSPS) is 56.5. The van der Waals surface area contributed by atoms with Crippen molar-refractivity contribution >= 4 is 0 Å². The van der Waals surface area contributed by atoms with Gasteiger partial charge in [0.25, 0.3) is 0 Å². The Kier molecular flexibility index (Phi) is 5.19. The first-order valence-corrected chi connectivity index (χ1v) is 13.8. The topological polar surface area (TPSA) is 40.5 Å². The zero-order valence-corrected chi connectivity index (χ0v) is 21.8. The lowest BCUT2D eigenvalue weighted by atomic mass is 9.32. The van der Waals surface area contributed by atoms with E-state index in [4.69, 9.17) is 0 Å². The smallest absolute Gasteiger partial charge is 0.0594 e. The van der Waals surface area contributed by atoms with Gasteiger partial charge in [0.1, 0.15) is 0 Å². The minimum atomic E-state index is -0.147. The molecule has 0 aromatic rings. The van der Waals surface area contributed by atoms with E-state index in [9.17, 15) is 10.2 Å². The van der Waals surface area contributed by atoms with E-state index in [-0.39, 0.29) is 16.9 Å². The average molecular weight is 443 g/mol. The quantitative estimate of drug-likeness (QED) is 0.452. The molecular formula is C30H50O2. The standard InChI is InChI=1S/C30H50O2/c1-19(2)20-10-15-30(18-31)17-16-28(6)21(25(20)30)8-9-23-27(5)13-12-24(32)26(3,4)22(27)11-14-29(23,28)7/h20-25,31-32H,1,8-18H2,2-7H3/t20?,21-,22-,23-,24+,25+,27-,28-,29?,30+/m0/s1. The molecule has 5 aliphatic rings. The van der Waals surface area contributed by atoms with Gasteiger partial charge < -0.3 is 10.2 Å². The van der Waals surface area contributed by atoms with Gasteiger partial charge in [-0.3, -0.25) is 0 Å². The number of rotatable bonds is 2. The van der Waals surface area contributed by atoms with Crippen molar-refractivity contribution in [1.29, 1.82) is 0 Å². The first-order valence-electron chi connectivity index (χ1n) is 13.8. The number of allylic oxidation sites excluding steroid dienone is 1. The zero-order chi connectivity index (χ0) is 23.3. The fraction of sp³-hybridized carbons (Fsp3) is 0.933. The summed E-state index contributed by atoms with van der Waals surface area (Å²) in [5.74, 6) is 3.33. The van der Waals surface area contributed by atoms with Gasteiger partial charge in [0.05, 0.1) is 6.10 Å². The number of aliphatic hydroxyl groups is 2. The summed E-state index contributed by atoms with van der Waals surface area (Å²) in [5.41, 5.74) is 2.60. The van der Waals surface area contributed by atoms with Gasteiger partial charge in [-0.05, 0) is 128 Å². The molecule has 10 atom stereocenters. The third kappa shape index (κ3) is 2.66. The molecule has 2 N–H and O–H groups in total. The lowest BCUT2D eigenvalue weighted by Crippen LogP contribution is -2.66. The molecule has 0 spiro atoms. The first kappa shape index (κ1) is 23.4. The van der Waals surface area contributed by atoms with Gasteiger partial charge in [-0.15, -0.1) is 0 Å². The third-order valence-electron chi connectivity index (χ3n) is 13.5. The van der Waals surface area contributed by atoms with E-state index in [0.717, 1.165) is 18.3 Å². The van der Waals surface area contributed by atoms with Crippen LogP contribution in [0, 0.1) is 56.7 Å². The van der Waals surface area contributed by atoms with Crippen molar-refractivity contribution in [2.24, 2.45) is 56.7 Å². The fourth-order valence-corrected chi connectivity index (χ4v) is 11.5. The van der Waals surface area contributed by atoms with Gasteiger partial charge in [-0.2, -0.15) is 0 Å². The highest BCUT2D eigenvalue weighted by molar-refractivity contribution is 5.21. The van der Waals surface area contributed by atoms with Gasteiger partial charge in [0, 0.05) is 6.61 Å². The molecule has 2 unspecified atom stereocenters. The van der Waals surface area contributed by atoms with Crippen LogP contribution in [0.25, 0.3) is 0 Å². The van der Waals surface area contributed by atoms with Crippen molar-refractivity contribution in [3.63, 3.8) is 0 Å². The van der Waals surface area contributed by atoms with Crippen LogP contribution < -0.4 is 0 Å². The van der Waals surface area contributed by atoms with E-state index < -0.39 is 0 Å². The third-order valence-corrected chi connectivity index (χ3v) is 13.5. The Morgan fingerprint density at radius 3 is 2.19 bits per heavy atom. The maximum Gasteiger partial charge on any atom is 0.0594 e. The molecule has 0 saturated heterocycles. The highest BCUT2D eigenvalue weighted by Crippen LogP contribution is 2.77. The van der Waals surface area contributed by atoms with Gasteiger partial charge >= 0.3 is 0 Å². The van der Waals surface area contributed by atoms with E-state index >= 15 is 0 Å². The molecule has 5 saturated carbocycles. The summed E-state index contributed by atoms with van der Waals surface area (Å²) in [6.07, 6.45) is 12.2. The molecule has 0 amide bonds. The molecule has 32 heavy (non-hydrogen) atoms. The minimum absolute atomic E-state index is 0.0290. The summed E-state index contributed by atoms with van der Waals surface area (Å²) < 4.78 is 0. The molecule has 2 nitrogen and oxygen atoms in total. The molecule has 5 aliphatic carbocycles. The number of fused-ring (bicyclic) bond motifs is 7. The van der Waals surface area contributed by atoms with Crippen molar-refractivity contribution < 1.29 is 10.2 Å². The number of aliphatic hydroxyl groups excluding tert-OH is 2. The monoisotopic (exact) mass is 442 g/mol. The average Bonchev–Trinajstić information content (AvgIpc) is 3.12. The molecule has 5 fully saturated rings. The van der Waals surface area contributed by atoms with Crippen molar-refractivity contribution in [1.82, 2.24) is 0 Å². The van der Waals surface area contributed by atoms with Crippen molar-refractivity contribution in [3.05, 3.63) is 12.2 Å². The molecule has 0 heterocycles. The Bertz CT molecular complexity index is 786. The second-order valence-corrected chi connectivity index (χ2v) is 14.6. The van der Waals surface area contributed by atoms with Gasteiger partial charge in [-0.1, -0.05) is 46.8 Å². The molecule has 0 bridgehead atoms. The van der Waals surface area contributed by atoms with Crippen LogP contribution in [-0.2, 0) is 0 Å². The van der Waals surface area contributed by atoms with Crippen LogP contribution in [0.5, 0.6) is 0 Å². The summed E-state index contributed by atoms with van der Waals surface area (Å²) in [6, 6.07) is 0. The number of hydrogen-bond donors (Lipinski definition) is 2. The summed E-state index contributed by atoms with van der Waals surface area (Å²) in [6.45, 7) is 19.7. The highest BCUT2D eigenvalue weighted by atomic mass is 16.3. The largest absolute Gasteiger partial charge is 0.396 e. The van der Waals surface area contributed by atoms with Crippen LogP contribution >= 0.6 is 0 Å². The lowest BCUT2D eigenvalue weighted by molar-refractivity contribution is -0.249. The van der Waals surface area contributed by atoms with Gasteiger partial charge in [0.15, 0.2) is 0 Å².